The van der Waals surface area contributed by atoms with Crippen molar-refractivity contribution in [2.75, 3.05) is 13.2 Å². The van der Waals surface area contributed by atoms with Gasteiger partial charge in [-0.3, -0.25) is 4.68 Å². The van der Waals surface area contributed by atoms with Gasteiger partial charge in [0.25, 0.3) is 0 Å². The van der Waals surface area contributed by atoms with Gasteiger partial charge in [-0.2, -0.15) is 5.10 Å². The first kappa shape index (κ1) is 17.3. The molecule has 0 amide bonds. The van der Waals surface area contributed by atoms with E-state index in [9.17, 15) is 0 Å². The van der Waals surface area contributed by atoms with Crippen molar-refractivity contribution < 1.29 is 4.74 Å². The van der Waals surface area contributed by atoms with Gasteiger partial charge in [-0.15, -0.1) is 0 Å². The van der Waals surface area contributed by atoms with E-state index >= 15 is 0 Å². The zero-order valence-electron chi connectivity index (χ0n) is 15.8. The number of guanidine groups is 1. The molecule has 6 heteroatoms. The van der Waals surface area contributed by atoms with Gasteiger partial charge in [0.05, 0.1) is 18.3 Å². The zero-order valence-corrected chi connectivity index (χ0v) is 15.8. The third kappa shape index (κ3) is 2.81. The number of hydrogen-bond acceptors (Lipinski definition) is 3. The maximum absolute atomic E-state index is 5.89. The Bertz CT molecular complexity index is 634. The molecule has 6 nitrogen and oxygen atoms in total. The quantitative estimate of drug-likeness (QED) is 0.653. The van der Waals surface area contributed by atoms with Crippen molar-refractivity contribution in [2.45, 2.75) is 59.7 Å². The number of nitrogens with zero attached hydrogens (tertiary/aromatic N) is 3. The zero-order chi connectivity index (χ0) is 17.5. The molecule has 24 heavy (non-hydrogen) atoms. The minimum absolute atomic E-state index is 0.150. The maximum Gasteiger partial charge on any atom is 0.191 e. The summed E-state index contributed by atoms with van der Waals surface area (Å²) in [4.78, 5) is 4.82. The van der Waals surface area contributed by atoms with Gasteiger partial charge in [0.15, 0.2) is 5.96 Å². The summed E-state index contributed by atoms with van der Waals surface area (Å²) in [5.74, 6) is 1.49. The van der Waals surface area contributed by atoms with Gasteiger partial charge in [-0.25, -0.2) is 4.99 Å². The fraction of sp³-hybridized carbons (Fsp3) is 0.778. The molecule has 1 aliphatic heterocycles. The molecule has 1 aromatic rings. The highest BCUT2D eigenvalue weighted by Gasteiger charge is 2.59. The molecular weight excluding hydrogens is 302 g/mol. The number of aromatic nitrogens is 2. The molecule has 1 saturated carbocycles. The summed E-state index contributed by atoms with van der Waals surface area (Å²) < 4.78 is 7.82. The van der Waals surface area contributed by atoms with Crippen LogP contribution in [0.25, 0.3) is 0 Å². The standard InChI is InChI=1S/C18H31N5O/c1-7-19-17(20-10-14-11(2)22-23(6)12(14)3)21-15-13-8-9-24-16(13)18(15,4)5/h13,15-16H,7-10H2,1-6H3,(H2,19,20,21). The second-order valence-corrected chi connectivity index (χ2v) is 7.66. The van der Waals surface area contributed by atoms with E-state index in [1.54, 1.807) is 0 Å². The lowest BCUT2D eigenvalue weighted by Crippen LogP contribution is -2.67. The monoisotopic (exact) mass is 333 g/mol. The average Bonchev–Trinajstić information content (AvgIpc) is 3.07. The number of ether oxygens (including phenoxy) is 1. The molecule has 0 spiro atoms. The first-order valence-corrected chi connectivity index (χ1v) is 9.01. The van der Waals surface area contributed by atoms with Crippen molar-refractivity contribution in [1.29, 1.82) is 0 Å². The van der Waals surface area contributed by atoms with Crippen LogP contribution in [-0.4, -0.2) is 41.0 Å². The Morgan fingerprint density at radius 3 is 2.79 bits per heavy atom. The van der Waals surface area contributed by atoms with Crippen molar-refractivity contribution in [1.82, 2.24) is 20.4 Å². The number of aryl methyl sites for hydroxylation is 2. The highest BCUT2D eigenvalue weighted by molar-refractivity contribution is 5.80. The van der Waals surface area contributed by atoms with Crippen molar-refractivity contribution >= 4 is 5.96 Å². The summed E-state index contributed by atoms with van der Waals surface area (Å²) in [5, 5.41) is 11.5. The van der Waals surface area contributed by atoms with Gasteiger partial charge in [0.2, 0.25) is 0 Å². The molecule has 0 aromatic carbocycles. The van der Waals surface area contributed by atoms with E-state index in [-0.39, 0.29) is 5.41 Å². The van der Waals surface area contributed by atoms with E-state index in [1.807, 2.05) is 18.7 Å². The van der Waals surface area contributed by atoms with Crippen LogP contribution in [-0.2, 0) is 18.3 Å². The summed E-state index contributed by atoms with van der Waals surface area (Å²) in [5.41, 5.74) is 3.60. The van der Waals surface area contributed by atoms with Gasteiger partial charge in [-0.1, -0.05) is 13.8 Å². The lowest BCUT2D eigenvalue weighted by molar-refractivity contribution is -0.106. The summed E-state index contributed by atoms with van der Waals surface area (Å²) >= 11 is 0. The van der Waals surface area contributed by atoms with Crippen molar-refractivity contribution in [3.8, 4) is 0 Å². The van der Waals surface area contributed by atoms with E-state index in [4.69, 9.17) is 9.73 Å². The Balaban J connectivity index is 1.73. The second-order valence-electron chi connectivity index (χ2n) is 7.66. The summed E-state index contributed by atoms with van der Waals surface area (Å²) in [6, 6.07) is 0.416. The molecule has 2 N–H and O–H groups in total. The molecule has 0 bridgehead atoms. The Morgan fingerprint density at radius 2 is 2.17 bits per heavy atom. The summed E-state index contributed by atoms with van der Waals surface area (Å²) in [6.45, 7) is 13.2. The molecule has 1 saturated heterocycles. The Hall–Kier alpha value is -1.56. The van der Waals surface area contributed by atoms with Crippen LogP contribution in [0.1, 0.15) is 44.1 Å². The highest BCUT2D eigenvalue weighted by atomic mass is 16.5. The molecule has 1 aliphatic carbocycles. The first-order valence-electron chi connectivity index (χ1n) is 9.01. The van der Waals surface area contributed by atoms with Crippen LogP contribution in [0.4, 0.5) is 0 Å². The van der Waals surface area contributed by atoms with E-state index in [0.717, 1.165) is 31.2 Å². The predicted octanol–water partition coefficient (Wildman–Crippen LogP) is 1.91. The number of fused-ring (bicyclic) bond motifs is 1. The maximum atomic E-state index is 5.89. The Labute approximate surface area is 145 Å². The minimum atomic E-state index is 0.150. The van der Waals surface area contributed by atoms with Crippen LogP contribution >= 0.6 is 0 Å². The molecule has 3 unspecified atom stereocenters. The van der Waals surface area contributed by atoms with Crippen molar-refractivity contribution in [2.24, 2.45) is 23.4 Å². The molecule has 0 radical (unpaired) electrons. The van der Waals surface area contributed by atoms with E-state index < -0.39 is 0 Å². The third-order valence-corrected chi connectivity index (χ3v) is 5.79. The fourth-order valence-electron chi connectivity index (χ4n) is 4.29. The number of aliphatic imine (C=N–C) groups is 1. The lowest BCUT2D eigenvalue weighted by Gasteiger charge is -2.54. The molecule has 134 valence electrons. The smallest absolute Gasteiger partial charge is 0.191 e. The van der Waals surface area contributed by atoms with Crippen LogP contribution < -0.4 is 10.6 Å². The van der Waals surface area contributed by atoms with Crippen LogP contribution in [0.3, 0.4) is 0 Å². The largest absolute Gasteiger partial charge is 0.377 e. The lowest BCUT2D eigenvalue weighted by atomic mass is 9.57. The minimum Gasteiger partial charge on any atom is -0.377 e. The Morgan fingerprint density at radius 1 is 1.42 bits per heavy atom. The van der Waals surface area contributed by atoms with Crippen LogP contribution in [0.15, 0.2) is 4.99 Å². The molecule has 2 heterocycles. The van der Waals surface area contributed by atoms with Gasteiger partial charge in [-0.05, 0) is 27.2 Å². The predicted molar refractivity (Wildman–Crippen MR) is 96.0 cm³/mol. The fourth-order valence-corrected chi connectivity index (χ4v) is 4.29. The third-order valence-electron chi connectivity index (χ3n) is 5.79. The SMILES string of the molecule is CCNC(=NCc1c(C)nn(C)c1C)NC1C2CCOC2C1(C)C. The van der Waals surface area contributed by atoms with E-state index in [1.165, 1.54) is 11.3 Å². The van der Waals surface area contributed by atoms with Crippen molar-refractivity contribution in [3.63, 3.8) is 0 Å². The normalized spacial score (nSPS) is 28.4. The molecular formula is C18H31N5O. The molecule has 2 fully saturated rings. The number of hydrogen-bond donors (Lipinski definition) is 2. The average molecular weight is 333 g/mol. The topological polar surface area (TPSA) is 63.5 Å². The second kappa shape index (κ2) is 6.39. The summed E-state index contributed by atoms with van der Waals surface area (Å²) in [6.07, 6.45) is 1.53. The van der Waals surface area contributed by atoms with Crippen molar-refractivity contribution in [3.05, 3.63) is 17.0 Å². The molecule has 1 aromatic heterocycles. The van der Waals surface area contributed by atoms with Crippen LogP contribution in [0.2, 0.25) is 0 Å². The van der Waals surface area contributed by atoms with Gasteiger partial charge in [0.1, 0.15) is 0 Å². The molecule has 2 aliphatic rings. The number of nitrogens with one attached hydrogen (secondary N) is 2. The first-order chi connectivity index (χ1) is 11.4. The highest BCUT2D eigenvalue weighted by Crippen LogP contribution is 2.52. The van der Waals surface area contributed by atoms with E-state index in [2.05, 4.69) is 43.4 Å². The van der Waals surface area contributed by atoms with E-state index in [0.29, 0.717) is 24.6 Å². The summed E-state index contributed by atoms with van der Waals surface area (Å²) in [7, 11) is 1.98. The van der Waals surface area contributed by atoms with Gasteiger partial charge in [0, 0.05) is 48.8 Å². The van der Waals surface area contributed by atoms with Gasteiger partial charge < -0.3 is 15.4 Å². The molecule has 3 rings (SSSR count). The molecule has 3 atom stereocenters. The van der Waals surface area contributed by atoms with Gasteiger partial charge >= 0.3 is 0 Å². The number of rotatable bonds is 4. The van der Waals surface area contributed by atoms with Crippen LogP contribution in [0, 0.1) is 25.2 Å². The Kier molecular flexibility index (Phi) is 4.60. The van der Waals surface area contributed by atoms with Crippen LogP contribution in [0.5, 0.6) is 0 Å².